The summed E-state index contributed by atoms with van der Waals surface area (Å²) < 4.78 is 5.86. The molecule has 0 amide bonds. The van der Waals surface area contributed by atoms with Gasteiger partial charge in [0.1, 0.15) is 12.4 Å². The number of rotatable bonds is 3. The van der Waals surface area contributed by atoms with E-state index < -0.39 is 5.41 Å². The highest BCUT2D eigenvalue weighted by Crippen LogP contribution is 2.77. The van der Waals surface area contributed by atoms with Crippen LogP contribution >= 0.6 is 0 Å². The fraction of sp³-hybridized carbons (Fsp3) is 0.844. The minimum Gasteiger partial charge on any atom is -0.462 e. The van der Waals surface area contributed by atoms with Crippen LogP contribution in [0.1, 0.15) is 113 Å². The van der Waals surface area contributed by atoms with Crippen molar-refractivity contribution >= 4 is 18.0 Å². The minimum absolute atomic E-state index is 0.0720. The van der Waals surface area contributed by atoms with Gasteiger partial charge in [0.05, 0.1) is 5.41 Å². The van der Waals surface area contributed by atoms with Crippen LogP contribution in [0.25, 0.3) is 0 Å². The summed E-state index contributed by atoms with van der Waals surface area (Å²) in [6.07, 6.45) is 8.85. The van der Waals surface area contributed by atoms with E-state index >= 15 is 0 Å². The van der Waals surface area contributed by atoms with Crippen molar-refractivity contribution < 1.29 is 19.1 Å². The topological polar surface area (TPSA) is 86.5 Å². The Kier molecular flexibility index (Phi) is 5.87. The highest BCUT2D eigenvalue weighted by molar-refractivity contribution is 6.03. The van der Waals surface area contributed by atoms with Crippen LogP contribution in [0.15, 0.2) is 11.1 Å². The Balaban J connectivity index is 1.61. The number of hydrogen-bond donors (Lipinski definition) is 1. The number of hydrogen-bond acceptors (Lipinski definition) is 5. The Labute approximate surface area is 223 Å². The second-order valence-corrected chi connectivity index (χ2v) is 15.1. The monoisotopic (exact) mass is 511 g/mol. The number of Topliss-reactive ketones (excluding diaryl/α,β-unsaturated/α-hetero) is 1. The van der Waals surface area contributed by atoms with Crippen molar-refractivity contribution in [1.82, 2.24) is 0 Å². The lowest BCUT2D eigenvalue weighted by Crippen LogP contribution is -2.78. The maximum absolute atomic E-state index is 13.3. The maximum Gasteiger partial charge on any atom is 0.302 e. The third-order valence-electron chi connectivity index (χ3n) is 13.4. The Morgan fingerprint density at radius 1 is 0.973 bits per heavy atom. The highest BCUT2D eigenvalue weighted by atomic mass is 16.5. The van der Waals surface area contributed by atoms with Crippen LogP contribution in [0.3, 0.4) is 0 Å². The number of carbonyl (C=O) groups excluding carboxylic acids is 3. The zero-order valence-corrected chi connectivity index (χ0v) is 24.5. The van der Waals surface area contributed by atoms with Crippen LogP contribution in [0.2, 0.25) is 0 Å². The average molecular weight is 512 g/mol. The summed E-state index contributed by atoms with van der Waals surface area (Å²) in [5, 5.41) is 0. The molecule has 37 heavy (non-hydrogen) atoms. The van der Waals surface area contributed by atoms with Crippen LogP contribution in [-0.4, -0.2) is 29.7 Å². The molecule has 8 unspecified atom stereocenters. The fourth-order valence-corrected chi connectivity index (χ4v) is 11.2. The predicted molar refractivity (Wildman–Crippen MR) is 144 cm³/mol. The molecule has 0 saturated heterocycles. The van der Waals surface area contributed by atoms with E-state index in [1.54, 1.807) is 0 Å². The summed E-state index contributed by atoms with van der Waals surface area (Å²) >= 11 is 0. The highest BCUT2D eigenvalue weighted by Gasteiger charge is 2.75. The molecule has 5 heteroatoms. The molecule has 5 nitrogen and oxygen atoms in total. The standard InChI is InChI=1S/C32H49NO4/c1-19(2)25-22(36)17-31(18-34)16-15-28(6)21(26(25)31)9-14-32(33)29(7)12-11-24(37-20(3)35)27(4,5)23(29)10-13-30(28,32)8/h18-19,21,23-24H,9-17,33H2,1-8H3. The third-order valence-corrected chi connectivity index (χ3v) is 13.4. The molecule has 5 aliphatic rings. The third kappa shape index (κ3) is 3.10. The van der Waals surface area contributed by atoms with Gasteiger partial charge in [-0.15, -0.1) is 0 Å². The summed E-state index contributed by atoms with van der Waals surface area (Å²) in [7, 11) is 0. The van der Waals surface area contributed by atoms with Crippen molar-refractivity contribution in [1.29, 1.82) is 0 Å². The first-order chi connectivity index (χ1) is 17.0. The van der Waals surface area contributed by atoms with Crippen LogP contribution in [0, 0.1) is 44.8 Å². The molecule has 8 atom stereocenters. The van der Waals surface area contributed by atoms with Crippen LogP contribution < -0.4 is 5.73 Å². The SMILES string of the molecule is CC(=O)OC1CCC2(C)C(CCC3(C)C4(C)CCC5(C=O)CC(=O)C(C(C)C)=C5C4CCC23N)C1(C)C. The number of nitrogens with two attached hydrogens (primary N) is 1. The number of ether oxygens (including phenoxy) is 1. The number of aldehydes is 1. The molecule has 206 valence electrons. The minimum atomic E-state index is -0.600. The van der Waals surface area contributed by atoms with Crippen molar-refractivity contribution in [2.45, 2.75) is 125 Å². The van der Waals surface area contributed by atoms with E-state index in [9.17, 15) is 14.4 Å². The van der Waals surface area contributed by atoms with Crippen LogP contribution in [-0.2, 0) is 19.1 Å². The van der Waals surface area contributed by atoms with E-state index in [1.807, 2.05) is 0 Å². The molecule has 5 aliphatic carbocycles. The van der Waals surface area contributed by atoms with Crippen molar-refractivity contribution in [3.05, 3.63) is 11.1 Å². The Morgan fingerprint density at radius 3 is 2.24 bits per heavy atom. The number of allylic oxidation sites excluding steroid dienone is 2. The second kappa shape index (κ2) is 8.02. The molecule has 2 N–H and O–H groups in total. The van der Waals surface area contributed by atoms with Gasteiger partial charge in [-0.05, 0) is 96.5 Å². The van der Waals surface area contributed by atoms with Gasteiger partial charge in [0.15, 0.2) is 5.78 Å². The number of fused-ring (bicyclic) bond motifs is 7. The molecular formula is C32H49NO4. The van der Waals surface area contributed by atoms with Gasteiger partial charge < -0.3 is 15.3 Å². The van der Waals surface area contributed by atoms with Crippen molar-refractivity contribution in [3.63, 3.8) is 0 Å². The summed E-state index contributed by atoms with van der Waals surface area (Å²) in [4.78, 5) is 37.9. The zero-order valence-electron chi connectivity index (χ0n) is 24.5. The molecule has 0 spiro atoms. The summed E-state index contributed by atoms with van der Waals surface area (Å²) in [6, 6.07) is 0. The van der Waals surface area contributed by atoms with E-state index in [0.717, 1.165) is 63.2 Å². The normalized spacial score (nSPS) is 48.6. The molecule has 0 bridgehead atoms. The molecule has 0 aromatic rings. The summed E-state index contributed by atoms with van der Waals surface area (Å²) in [6.45, 7) is 17.6. The predicted octanol–water partition coefficient (Wildman–Crippen LogP) is 6.18. The number of esters is 1. The molecule has 0 aliphatic heterocycles. The van der Waals surface area contributed by atoms with Gasteiger partial charge >= 0.3 is 5.97 Å². The molecule has 4 fully saturated rings. The van der Waals surface area contributed by atoms with Gasteiger partial charge in [-0.1, -0.05) is 48.5 Å². The number of ketones is 1. The van der Waals surface area contributed by atoms with Gasteiger partial charge in [0.25, 0.3) is 0 Å². The fourth-order valence-electron chi connectivity index (χ4n) is 11.2. The van der Waals surface area contributed by atoms with Gasteiger partial charge in [0, 0.05) is 24.3 Å². The maximum atomic E-state index is 13.3. The lowest BCUT2D eigenvalue weighted by atomic mass is 9.30. The molecule has 5 rings (SSSR count). The quantitative estimate of drug-likeness (QED) is 0.361. The molecule has 0 aromatic carbocycles. The second-order valence-electron chi connectivity index (χ2n) is 15.1. The van der Waals surface area contributed by atoms with Crippen molar-refractivity contribution in [3.8, 4) is 0 Å². The first-order valence-electron chi connectivity index (χ1n) is 14.7. The number of carbonyl (C=O) groups is 3. The van der Waals surface area contributed by atoms with E-state index in [0.29, 0.717) is 12.3 Å². The molecule has 0 radical (unpaired) electrons. The lowest BCUT2D eigenvalue weighted by molar-refractivity contribution is -0.242. The van der Waals surface area contributed by atoms with Crippen molar-refractivity contribution in [2.24, 2.45) is 50.6 Å². The summed E-state index contributed by atoms with van der Waals surface area (Å²) in [5.41, 5.74) is 8.57. The first kappa shape index (κ1) is 27.1. The molecular weight excluding hydrogens is 462 g/mol. The van der Waals surface area contributed by atoms with Gasteiger partial charge in [-0.2, -0.15) is 0 Å². The van der Waals surface area contributed by atoms with Crippen LogP contribution in [0.4, 0.5) is 0 Å². The first-order valence-corrected chi connectivity index (χ1v) is 14.7. The van der Waals surface area contributed by atoms with E-state index in [2.05, 4.69) is 48.5 Å². The summed E-state index contributed by atoms with van der Waals surface area (Å²) in [5.74, 6) is 0.723. The zero-order chi connectivity index (χ0) is 27.4. The van der Waals surface area contributed by atoms with Crippen LogP contribution in [0.5, 0.6) is 0 Å². The smallest absolute Gasteiger partial charge is 0.302 e. The Hall–Kier alpha value is -1.49. The molecule has 4 saturated carbocycles. The van der Waals surface area contributed by atoms with Crippen molar-refractivity contribution in [2.75, 3.05) is 0 Å². The Morgan fingerprint density at radius 2 is 1.65 bits per heavy atom. The van der Waals surface area contributed by atoms with Gasteiger partial charge in [-0.3, -0.25) is 9.59 Å². The van der Waals surface area contributed by atoms with Gasteiger partial charge in [0.2, 0.25) is 0 Å². The molecule has 0 heterocycles. The van der Waals surface area contributed by atoms with Gasteiger partial charge in [-0.25, -0.2) is 0 Å². The van der Waals surface area contributed by atoms with E-state index in [-0.39, 0.29) is 56.9 Å². The largest absolute Gasteiger partial charge is 0.462 e. The average Bonchev–Trinajstić information content (AvgIpc) is 3.10. The van der Waals surface area contributed by atoms with E-state index in [1.165, 1.54) is 12.5 Å². The Bertz CT molecular complexity index is 1070. The van der Waals surface area contributed by atoms with E-state index in [4.69, 9.17) is 10.5 Å². The lowest BCUT2D eigenvalue weighted by Gasteiger charge is -2.76. The molecule has 0 aromatic heterocycles.